The molecule has 64 valence electrons. The van der Waals surface area contributed by atoms with Gasteiger partial charge in [-0.05, 0) is 32.7 Å². The van der Waals surface area contributed by atoms with E-state index in [4.69, 9.17) is 12.3 Å². The van der Waals surface area contributed by atoms with E-state index in [1.165, 1.54) is 6.92 Å². The van der Waals surface area contributed by atoms with Crippen LogP contribution in [0.25, 0.3) is 0 Å². The van der Waals surface area contributed by atoms with Crippen LogP contribution >= 0.6 is 0 Å². The van der Waals surface area contributed by atoms with Crippen LogP contribution in [-0.2, 0) is 9.53 Å². The first-order valence-electron chi connectivity index (χ1n) is 7.65. The molecule has 0 aromatic carbocycles. The van der Waals surface area contributed by atoms with Gasteiger partial charge in [0.05, 0.1) is 12.5 Å². The molecule has 0 spiro atoms. The van der Waals surface area contributed by atoms with Crippen LogP contribution in [0, 0.1) is 5.89 Å². The highest BCUT2D eigenvalue weighted by atomic mass is 16.5. The summed E-state index contributed by atoms with van der Waals surface area (Å²) in [6.45, 7) is -5.20. The van der Waals surface area contributed by atoms with Gasteiger partial charge in [0.15, 0.2) is 0 Å². The lowest BCUT2D eigenvalue weighted by molar-refractivity contribution is -0.148. The van der Waals surface area contributed by atoms with E-state index in [-0.39, 0.29) is 6.61 Å². The van der Waals surface area contributed by atoms with Crippen LogP contribution in [0.4, 0.5) is 0 Å². The highest BCUT2D eigenvalue weighted by molar-refractivity contribution is 5.72. The molecule has 0 radical (unpaired) electrons. The smallest absolute Gasteiger partial charge is 0.309 e. The SMILES string of the molecule is [2H]C1([2H])NC([2H])([2H])C([2H])([2H])C([2H])(C(=O)OCC)C1([2H])[2H]. The lowest BCUT2D eigenvalue weighted by Gasteiger charge is -2.20. The number of ether oxygens (including phenoxy) is 1. The normalized spacial score (nSPS) is 53.0. The minimum atomic E-state index is -3.41. The van der Waals surface area contributed by atoms with Crippen LogP contribution in [0.15, 0.2) is 0 Å². The van der Waals surface area contributed by atoms with Crippen molar-refractivity contribution in [2.45, 2.75) is 19.7 Å². The Hall–Kier alpha value is -0.570. The van der Waals surface area contributed by atoms with E-state index in [1.807, 2.05) is 0 Å². The van der Waals surface area contributed by atoms with Crippen LogP contribution in [-0.4, -0.2) is 25.6 Å². The zero-order valence-corrected chi connectivity index (χ0v) is 6.02. The number of nitrogens with one attached hydrogen (secondary N) is 1. The van der Waals surface area contributed by atoms with E-state index in [2.05, 4.69) is 4.74 Å². The van der Waals surface area contributed by atoms with Gasteiger partial charge < -0.3 is 10.1 Å². The van der Waals surface area contributed by atoms with Gasteiger partial charge in [0.25, 0.3) is 0 Å². The Kier molecular flexibility index (Phi) is 0.969. The van der Waals surface area contributed by atoms with Crippen molar-refractivity contribution in [2.24, 2.45) is 5.89 Å². The van der Waals surface area contributed by atoms with E-state index in [0.29, 0.717) is 0 Å². The third kappa shape index (κ3) is 2.50. The van der Waals surface area contributed by atoms with Crippen molar-refractivity contribution in [1.29, 1.82) is 0 Å². The molecule has 11 heavy (non-hydrogen) atoms. The van der Waals surface area contributed by atoms with E-state index >= 15 is 0 Å². The Balaban J connectivity index is 3.58. The molecule has 0 atom stereocenters. The first-order chi connectivity index (χ1) is 8.69. The standard InChI is InChI=1S/C8H15NO2/c1-2-11-8(10)7-3-5-9-6-4-7/h7,9H,2-6H2,1H3/i3D2,4D2,5D2,6D2,7D. The molecule has 0 saturated carbocycles. The molecule has 0 unspecified atom stereocenters. The van der Waals surface area contributed by atoms with Crippen molar-refractivity contribution in [3.8, 4) is 0 Å². The minimum Gasteiger partial charge on any atom is -0.466 e. The zero-order valence-electron chi connectivity index (χ0n) is 15.0. The van der Waals surface area contributed by atoms with Crippen LogP contribution in [0.2, 0.25) is 0 Å². The molecule has 0 aromatic rings. The zero-order chi connectivity index (χ0) is 16.2. The van der Waals surface area contributed by atoms with Crippen molar-refractivity contribution in [2.75, 3.05) is 19.6 Å². The second-order valence-corrected chi connectivity index (χ2v) is 1.72. The second-order valence-electron chi connectivity index (χ2n) is 1.72. The van der Waals surface area contributed by atoms with Crippen LogP contribution in [0.3, 0.4) is 0 Å². The first kappa shape index (κ1) is 2.46. The number of carbonyl (C=O) groups is 1. The van der Waals surface area contributed by atoms with Gasteiger partial charge in [-0.2, -0.15) is 0 Å². The fraction of sp³-hybridized carbons (Fsp3) is 0.875. The predicted octanol–water partition coefficient (Wildman–Crippen LogP) is 0.549. The highest BCUT2D eigenvalue weighted by Crippen LogP contribution is 2.12. The molecule has 1 fully saturated rings. The fourth-order valence-electron chi connectivity index (χ4n) is 0.555. The van der Waals surface area contributed by atoms with Gasteiger partial charge in [-0.25, -0.2) is 0 Å². The molecular formula is C8H15NO2. The van der Waals surface area contributed by atoms with Crippen molar-refractivity contribution in [3.05, 3.63) is 0 Å². The van der Waals surface area contributed by atoms with Gasteiger partial charge in [-0.15, -0.1) is 0 Å². The van der Waals surface area contributed by atoms with Crippen LogP contribution < -0.4 is 5.32 Å². The molecule has 1 aliphatic heterocycles. The quantitative estimate of drug-likeness (QED) is 0.609. The summed E-state index contributed by atoms with van der Waals surface area (Å²) in [7, 11) is 0. The number of rotatable bonds is 2. The summed E-state index contributed by atoms with van der Waals surface area (Å²) in [6.07, 6.45) is -6.72. The molecule has 0 aliphatic carbocycles. The third-order valence-electron chi connectivity index (χ3n) is 0.980. The Morgan fingerprint density at radius 3 is 3.00 bits per heavy atom. The average molecular weight is 166 g/mol. The van der Waals surface area contributed by atoms with E-state index in [0.717, 1.165) is 0 Å². The van der Waals surface area contributed by atoms with E-state index in [9.17, 15) is 4.79 Å². The fourth-order valence-corrected chi connectivity index (χ4v) is 0.555. The first-order valence-corrected chi connectivity index (χ1v) is 3.15. The van der Waals surface area contributed by atoms with Gasteiger partial charge in [-0.1, -0.05) is 0 Å². The molecule has 0 bridgehead atoms. The molecular weight excluding hydrogens is 142 g/mol. The Morgan fingerprint density at radius 2 is 2.45 bits per heavy atom. The summed E-state index contributed by atoms with van der Waals surface area (Å²) < 4.78 is 73.0. The maximum atomic E-state index is 11.9. The van der Waals surface area contributed by atoms with Crippen LogP contribution in [0.5, 0.6) is 0 Å². The molecule has 1 rings (SSSR count). The molecule has 3 heteroatoms. The Morgan fingerprint density at radius 1 is 1.82 bits per heavy atom. The molecule has 0 amide bonds. The third-order valence-corrected chi connectivity index (χ3v) is 0.980. The van der Waals surface area contributed by atoms with Gasteiger partial charge in [0.2, 0.25) is 0 Å². The van der Waals surface area contributed by atoms with Crippen molar-refractivity contribution >= 4 is 5.97 Å². The summed E-state index contributed by atoms with van der Waals surface area (Å²) in [4.78, 5) is 11.9. The second kappa shape index (κ2) is 4.34. The summed E-state index contributed by atoms with van der Waals surface area (Å²) in [5, 5.41) is 1.55. The lowest BCUT2D eigenvalue weighted by atomic mass is 9.99. The van der Waals surface area contributed by atoms with Gasteiger partial charge in [0.1, 0.15) is 0 Å². The average Bonchev–Trinajstić information content (AvgIpc) is 2.24. The van der Waals surface area contributed by atoms with Gasteiger partial charge >= 0.3 is 5.97 Å². The molecule has 1 saturated heterocycles. The summed E-state index contributed by atoms with van der Waals surface area (Å²) in [5.74, 6) is -5.06. The predicted molar refractivity (Wildman–Crippen MR) is 42.2 cm³/mol. The Labute approximate surface area is 79.8 Å². The number of carbonyl (C=O) groups excluding carboxylic acids is 1. The summed E-state index contributed by atoms with van der Waals surface area (Å²) >= 11 is 0. The van der Waals surface area contributed by atoms with Crippen molar-refractivity contribution < 1.29 is 21.9 Å². The van der Waals surface area contributed by atoms with Gasteiger partial charge in [-0.3, -0.25) is 4.79 Å². The largest absolute Gasteiger partial charge is 0.466 e. The number of esters is 1. The van der Waals surface area contributed by atoms with E-state index in [1.54, 1.807) is 5.32 Å². The summed E-state index contributed by atoms with van der Waals surface area (Å²) in [6, 6.07) is 0. The molecule has 1 heterocycles. The maximum absolute atomic E-state index is 11.9. The van der Waals surface area contributed by atoms with Crippen molar-refractivity contribution in [1.82, 2.24) is 5.32 Å². The number of hydrogen-bond donors (Lipinski definition) is 1. The van der Waals surface area contributed by atoms with Crippen molar-refractivity contribution in [3.63, 3.8) is 0 Å². The minimum absolute atomic E-state index is 0.273. The monoisotopic (exact) mass is 166 g/mol. The summed E-state index contributed by atoms with van der Waals surface area (Å²) in [5.41, 5.74) is 0. The highest BCUT2D eigenvalue weighted by Gasteiger charge is 2.21. The van der Waals surface area contributed by atoms with E-state index < -0.39 is 37.6 Å². The number of hydrogen-bond acceptors (Lipinski definition) is 3. The van der Waals surface area contributed by atoms with Gasteiger partial charge in [0, 0.05) is 12.3 Å². The Bertz CT molecular complexity index is 396. The lowest BCUT2D eigenvalue weighted by Crippen LogP contribution is -2.32. The molecule has 1 N–H and O–H groups in total. The topological polar surface area (TPSA) is 38.3 Å². The molecule has 0 aromatic heterocycles. The van der Waals surface area contributed by atoms with Crippen LogP contribution in [0.1, 0.15) is 32.0 Å². The molecule has 1 aliphatic rings. The number of piperidine rings is 1. The molecule has 3 nitrogen and oxygen atoms in total. The maximum Gasteiger partial charge on any atom is 0.309 e.